The zero-order valence-electron chi connectivity index (χ0n) is 17.2. The fourth-order valence-corrected chi connectivity index (χ4v) is 3.63. The Kier molecular flexibility index (Phi) is 7.99. The minimum Gasteiger partial charge on any atom is -0.355 e. The maximum atomic E-state index is 12.6. The Morgan fingerprint density at radius 1 is 0.933 bits per heavy atom. The number of carbonyl (C=O) groups excluding carboxylic acids is 2. The van der Waals surface area contributed by atoms with E-state index in [-0.39, 0.29) is 11.8 Å². The van der Waals surface area contributed by atoms with Crippen LogP contribution in [0.5, 0.6) is 0 Å². The summed E-state index contributed by atoms with van der Waals surface area (Å²) in [5.41, 5.74) is 2.81. The van der Waals surface area contributed by atoms with E-state index in [1.807, 2.05) is 59.5 Å². The predicted molar refractivity (Wildman–Crippen MR) is 115 cm³/mol. The molecule has 1 fully saturated rings. The number of hydrogen-bond acceptors (Lipinski definition) is 4. The van der Waals surface area contributed by atoms with Gasteiger partial charge in [-0.25, -0.2) is 0 Å². The van der Waals surface area contributed by atoms with Crippen LogP contribution in [0.15, 0.2) is 54.6 Å². The van der Waals surface area contributed by atoms with Crippen molar-refractivity contribution in [2.24, 2.45) is 0 Å². The molecule has 0 unspecified atom stereocenters. The molecule has 6 heteroatoms. The Hall–Kier alpha value is -3.17. The summed E-state index contributed by atoms with van der Waals surface area (Å²) >= 11 is 0. The third-order valence-corrected chi connectivity index (χ3v) is 5.30. The van der Waals surface area contributed by atoms with Crippen LogP contribution in [0.2, 0.25) is 0 Å². The summed E-state index contributed by atoms with van der Waals surface area (Å²) in [6, 6.07) is 19.4. The molecule has 30 heavy (non-hydrogen) atoms. The molecule has 0 radical (unpaired) electrons. The van der Waals surface area contributed by atoms with Crippen molar-refractivity contribution < 1.29 is 9.59 Å². The molecule has 0 aliphatic carbocycles. The van der Waals surface area contributed by atoms with Gasteiger partial charge in [-0.3, -0.25) is 14.5 Å². The maximum Gasteiger partial charge on any atom is 0.224 e. The smallest absolute Gasteiger partial charge is 0.224 e. The molecule has 6 nitrogen and oxygen atoms in total. The highest BCUT2D eigenvalue weighted by Gasteiger charge is 2.19. The summed E-state index contributed by atoms with van der Waals surface area (Å²) in [7, 11) is 0. The third-order valence-electron chi connectivity index (χ3n) is 5.30. The Bertz CT molecular complexity index is 874. The minimum absolute atomic E-state index is 0.0570. The molecule has 1 aliphatic heterocycles. The lowest BCUT2D eigenvalue weighted by atomic mass is 10.1. The first-order chi connectivity index (χ1) is 14.6. The lowest BCUT2D eigenvalue weighted by Crippen LogP contribution is -2.37. The van der Waals surface area contributed by atoms with Crippen molar-refractivity contribution in [3.05, 3.63) is 71.3 Å². The van der Waals surface area contributed by atoms with Crippen LogP contribution in [0.1, 0.15) is 29.5 Å². The van der Waals surface area contributed by atoms with Crippen LogP contribution in [0, 0.1) is 11.3 Å². The molecule has 0 spiro atoms. The van der Waals surface area contributed by atoms with Crippen LogP contribution in [-0.4, -0.2) is 54.3 Å². The highest BCUT2D eigenvalue weighted by atomic mass is 16.2. The summed E-state index contributed by atoms with van der Waals surface area (Å²) in [4.78, 5) is 28.8. The van der Waals surface area contributed by atoms with Crippen LogP contribution in [0.25, 0.3) is 0 Å². The van der Waals surface area contributed by atoms with Crippen molar-refractivity contribution in [2.45, 2.75) is 25.8 Å². The lowest BCUT2D eigenvalue weighted by Gasteiger charge is -2.22. The number of carbonyl (C=O) groups is 2. The Morgan fingerprint density at radius 2 is 1.70 bits per heavy atom. The fraction of sp³-hybridized carbons (Fsp3) is 0.375. The van der Waals surface area contributed by atoms with Gasteiger partial charge in [0, 0.05) is 45.7 Å². The predicted octanol–water partition coefficient (Wildman–Crippen LogP) is 2.34. The second kappa shape index (κ2) is 11.1. The van der Waals surface area contributed by atoms with E-state index < -0.39 is 0 Å². The summed E-state index contributed by atoms with van der Waals surface area (Å²) in [5.74, 6) is 0.0358. The van der Waals surface area contributed by atoms with Crippen molar-refractivity contribution in [3.63, 3.8) is 0 Å². The summed E-state index contributed by atoms with van der Waals surface area (Å²) in [5, 5.41) is 11.8. The molecule has 1 saturated heterocycles. The first kappa shape index (κ1) is 21.5. The van der Waals surface area contributed by atoms with Gasteiger partial charge in [0.2, 0.25) is 11.8 Å². The van der Waals surface area contributed by atoms with Gasteiger partial charge in [-0.2, -0.15) is 5.26 Å². The standard InChI is InChI=1S/C24H28N4O2/c25-18-21-7-9-22(10-8-21)19-27-13-4-14-28(16-15-27)24(30)11-12-26-23(29)17-20-5-2-1-3-6-20/h1-3,5-10H,4,11-17,19H2,(H,26,29). The third kappa shape index (κ3) is 6.71. The second-order valence-corrected chi connectivity index (χ2v) is 7.58. The highest BCUT2D eigenvalue weighted by molar-refractivity contribution is 5.80. The van der Waals surface area contributed by atoms with Gasteiger partial charge in [0.1, 0.15) is 0 Å². The molecule has 0 saturated carbocycles. The molecule has 1 N–H and O–H groups in total. The van der Waals surface area contributed by atoms with E-state index in [2.05, 4.69) is 16.3 Å². The lowest BCUT2D eigenvalue weighted by molar-refractivity contribution is -0.131. The molecule has 156 valence electrons. The SMILES string of the molecule is N#Cc1ccc(CN2CCCN(C(=O)CCNC(=O)Cc3ccccc3)CC2)cc1. The van der Waals surface area contributed by atoms with Crippen molar-refractivity contribution in [3.8, 4) is 6.07 Å². The molecule has 0 bridgehead atoms. The number of nitriles is 1. The van der Waals surface area contributed by atoms with Gasteiger partial charge >= 0.3 is 0 Å². The average molecular weight is 405 g/mol. The number of benzene rings is 2. The molecule has 1 heterocycles. The Morgan fingerprint density at radius 3 is 2.43 bits per heavy atom. The number of amides is 2. The molecular formula is C24H28N4O2. The molecular weight excluding hydrogens is 376 g/mol. The van der Waals surface area contributed by atoms with Crippen molar-refractivity contribution in [1.29, 1.82) is 5.26 Å². The topological polar surface area (TPSA) is 76.4 Å². The van der Waals surface area contributed by atoms with Gasteiger partial charge in [0.05, 0.1) is 18.1 Å². The average Bonchev–Trinajstić information content (AvgIpc) is 3.00. The molecule has 2 amide bonds. The zero-order chi connectivity index (χ0) is 21.2. The van der Waals surface area contributed by atoms with Crippen LogP contribution < -0.4 is 5.32 Å². The van der Waals surface area contributed by atoms with E-state index in [9.17, 15) is 9.59 Å². The quantitative estimate of drug-likeness (QED) is 0.769. The molecule has 2 aromatic carbocycles. The van der Waals surface area contributed by atoms with Gasteiger partial charge in [0.15, 0.2) is 0 Å². The minimum atomic E-state index is -0.0570. The van der Waals surface area contributed by atoms with Gasteiger partial charge in [0.25, 0.3) is 0 Å². The summed E-state index contributed by atoms with van der Waals surface area (Å²) in [6.45, 7) is 4.41. The first-order valence-electron chi connectivity index (χ1n) is 10.4. The zero-order valence-corrected chi connectivity index (χ0v) is 17.2. The van der Waals surface area contributed by atoms with E-state index in [0.717, 1.165) is 38.2 Å². The molecule has 0 aromatic heterocycles. The Balaban J connectivity index is 1.38. The van der Waals surface area contributed by atoms with Gasteiger partial charge < -0.3 is 10.2 Å². The van der Waals surface area contributed by atoms with Crippen molar-refractivity contribution in [1.82, 2.24) is 15.1 Å². The van der Waals surface area contributed by atoms with Gasteiger partial charge in [-0.1, -0.05) is 42.5 Å². The van der Waals surface area contributed by atoms with E-state index in [0.29, 0.717) is 31.5 Å². The maximum absolute atomic E-state index is 12.6. The van der Waals surface area contributed by atoms with Crippen LogP contribution in [0.4, 0.5) is 0 Å². The Labute approximate surface area is 178 Å². The van der Waals surface area contributed by atoms with E-state index in [1.54, 1.807) is 0 Å². The highest BCUT2D eigenvalue weighted by Crippen LogP contribution is 2.11. The number of hydrogen-bond donors (Lipinski definition) is 1. The van der Waals surface area contributed by atoms with E-state index in [4.69, 9.17) is 5.26 Å². The molecule has 0 atom stereocenters. The van der Waals surface area contributed by atoms with E-state index >= 15 is 0 Å². The fourth-order valence-electron chi connectivity index (χ4n) is 3.63. The molecule has 2 aromatic rings. The summed E-state index contributed by atoms with van der Waals surface area (Å²) < 4.78 is 0. The van der Waals surface area contributed by atoms with Crippen LogP contribution >= 0.6 is 0 Å². The normalized spacial score (nSPS) is 14.6. The van der Waals surface area contributed by atoms with E-state index in [1.165, 1.54) is 5.56 Å². The van der Waals surface area contributed by atoms with Gasteiger partial charge in [-0.05, 0) is 29.7 Å². The van der Waals surface area contributed by atoms with Crippen LogP contribution in [-0.2, 0) is 22.6 Å². The summed E-state index contributed by atoms with van der Waals surface area (Å²) in [6.07, 6.45) is 1.60. The van der Waals surface area contributed by atoms with Gasteiger partial charge in [-0.15, -0.1) is 0 Å². The number of rotatable bonds is 7. The largest absolute Gasteiger partial charge is 0.355 e. The van der Waals surface area contributed by atoms with Crippen molar-refractivity contribution >= 4 is 11.8 Å². The van der Waals surface area contributed by atoms with Crippen molar-refractivity contribution in [2.75, 3.05) is 32.7 Å². The molecule has 3 rings (SSSR count). The van der Waals surface area contributed by atoms with Crippen LogP contribution in [0.3, 0.4) is 0 Å². The number of nitrogens with zero attached hydrogens (tertiary/aromatic N) is 3. The monoisotopic (exact) mass is 404 g/mol. The molecule has 1 aliphatic rings. The second-order valence-electron chi connectivity index (χ2n) is 7.58. The first-order valence-corrected chi connectivity index (χ1v) is 10.4. The number of nitrogens with one attached hydrogen (secondary N) is 1.